The van der Waals surface area contributed by atoms with Crippen LogP contribution in [0.15, 0.2) is 54.9 Å². The molecular weight excluding hydrogens is 374 g/mol. The summed E-state index contributed by atoms with van der Waals surface area (Å²) in [5, 5.41) is 12.1. The molecule has 1 fully saturated rings. The summed E-state index contributed by atoms with van der Waals surface area (Å²) >= 11 is 1.70. The van der Waals surface area contributed by atoms with E-state index in [1.807, 2.05) is 47.4 Å². The molecule has 8 nitrogen and oxygen atoms in total. The first-order valence-corrected chi connectivity index (χ1v) is 9.83. The van der Waals surface area contributed by atoms with Gasteiger partial charge in [0.15, 0.2) is 5.13 Å². The molecule has 9 heteroatoms. The molecule has 2 aromatic heterocycles. The van der Waals surface area contributed by atoms with E-state index in [2.05, 4.69) is 26.5 Å². The van der Waals surface area contributed by atoms with Crippen molar-refractivity contribution in [2.75, 3.05) is 31.1 Å². The first-order valence-electron chi connectivity index (χ1n) is 9.01. The molecule has 0 aliphatic carbocycles. The molecule has 0 bridgehead atoms. The number of carbonyl (C=O) groups excluding carboxylic acids is 1. The van der Waals surface area contributed by atoms with Crippen LogP contribution in [0.4, 0.5) is 5.13 Å². The zero-order chi connectivity index (χ0) is 18.9. The van der Waals surface area contributed by atoms with Crippen molar-refractivity contribution in [3.05, 3.63) is 60.4 Å². The van der Waals surface area contributed by atoms with Crippen LogP contribution < -0.4 is 4.90 Å². The van der Waals surface area contributed by atoms with Crippen molar-refractivity contribution in [2.24, 2.45) is 0 Å². The summed E-state index contributed by atoms with van der Waals surface area (Å²) < 4.78 is 2.75. The van der Waals surface area contributed by atoms with E-state index in [1.54, 1.807) is 16.0 Å². The Morgan fingerprint density at radius 2 is 1.75 bits per heavy atom. The Balaban J connectivity index is 1.25. The van der Waals surface area contributed by atoms with Crippen molar-refractivity contribution in [3.8, 4) is 5.69 Å². The first-order chi connectivity index (χ1) is 13.8. The first kappa shape index (κ1) is 16.8. The molecule has 1 saturated heterocycles. The monoisotopic (exact) mass is 391 g/mol. The molecule has 28 heavy (non-hydrogen) atoms. The number of fused-ring (bicyclic) bond motifs is 1. The number of rotatable bonds is 3. The maximum absolute atomic E-state index is 12.8. The van der Waals surface area contributed by atoms with Gasteiger partial charge < -0.3 is 9.80 Å². The Morgan fingerprint density at radius 1 is 0.964 bits per heavy atom. The van der Waals surface area contributed by atoms with Gasteiger partial charge in [0.05, 0.1) is 15.9 Å². The number of para-hydroxylation sites is 1. The number of piperazine rings is 1. The third-order valence-corrected chi connectivity index (χ3v) is 5.95. The summed E-state index contributed by atoms with van der Waals surface area (Å²) in [7, 11) is 0. The Hall–Kier alpha value is -3.33. The zero-order valence-corrected chi connectivity index (χ0v) is 15.8. The van der Waals surface area contributed by atoms with Gasteiger partial charge in [0, 0.05) is 31.7 Å². The van der Waals surface area contributed by atoms with Crippen LogP contribution in [0.1, 0.15) is 10.4 Å². The molecule has 0 spiro atoms. The lowest BCUT2D eigenvalue weighted by atomic mass is 10.1. The summed E-state index contributed by atoms with van der Waals surface area (Å²) in [5.74, 6) is 0.0483. The minimum atomic E-state index is 0.0483. The minimum Gasteiger partial charge on any atom is -0.345 e. The summed E-state index contributed by atoms with van der Waals surface area (Å²) in [6.45, 7) is 2.94. The highest BCUT2D eigenvalue weighted by Gasteiger charge is 2.24. The average Bonchev–Trinajstić information content (AvgIpc) is 3.43. The van der Waals surface area contributed by atoms with Crippen molar-refractivity contribution in [1.29, 1.82) is 0 Å². The normalized spacial score (nSPS) is 14.6. The zero-order valence-electron chi connectivity index (χ0n) is 15.0. The predicted molar refractivity (Wildman–Crippen MR) is 107 cm³/mol. The van der Waals surface area contributed by atoms with Crippen LogP contribution in [0.2, 0.25) is 0 Å². The van der Waals surface area contributed by atoms with Crippen LogP contribution in [0, 0.1) is 0 Å². The van der Waals surface area contributed by atoms with E-state index in [-0.39, 0.29) is 5.91 Å². The van der Waals surface area contributed by atoms with Crippen molar-refractivity contribution in [2.45, 2.75) is 0 Å². The number of carbonyl (C=O) groups is 1. The van der Waals surface area contributed by atoms with Crippen LogP contribution in [-0.2, 0) is 0 Å². The average molecular weight is 391 g/mol. The molecule has 0 radical (unpaired) electrons. The number of thiazole rings is 1. The van der Waals surface area contributed by atoms with E-state index in [0.717, 1.165) is 29.4 Å². The third kappa shape index (κ3) is 3.09. The van der Waals surface area contributed by atoms with Gasteiger partial charge >= 0.3 is 0 Å². The largest absolute Gasteiger partial charge is 0.345 e. The summed E-state index contributed by atoms with van der Waals surface area (Å²) in [6.07, 6.45) is 1.53. The number of tetrazole rings is 1. The van der Waals surface area contributed by atoms with Crippen LogP contribution in [0.25, 0.3) is 15.9 Å². The van der Waals surface area contributed by atoms with Crippen LogP contribution >= 0.6 is 11.3 Å². The topological polar surface area (TPSA) is 80.0 Å². The maximum atomic E-state index is 12.8. The summed E-state index contributed by atoms with van der Waals surface area (Å²) in [6, 6.07) is 15.5. The Labute approximate surface area is 165 Å². The molecule has 0 atom stereocenters. The third-order valence-electron chi connectivity index (χ3n) is 4.85. The van der Waals surface area contributed by atoms with Crippen LogP contribution in [0.5, 0.6) is 0 Å². The van der Waals surface area contributed by atoms with E-state index >= 15 is 0 Å². The molecule has 2 aromatic carbocycles. The van der Waals surface area contributed by atoms with Gasteiger partial charge in [0.1, 0.15) is 6.33 Å². The minimum absolute atomic E-state index is 0.0483. The highest BCUT2D eigenvalue weighted by Crippen LogP contribution is 2.29. The number of benzene rings is 2. The van der Waals surface area contributed by atoms with E-state index in [9.17, 15) is 4.79 Å². The van der Waals surface area contributed by atoms with Gasteiger partial charge in [-0.3, -0.25) is 4.79 Å². The molecule has 0 N–H and O–H groups in total. The summed E-state index contributed by atoms with van der Waals surface area (Å²) in [5.41, 5.74) is 2.52. The van der Waals surface area contributed by atoms with Crippen molar-refractivity contribution < 1.29 is 4.79 Å². The lowest BCUT2D eigenvalue weighted by Gasteiger charge is -2.34. The van der Waals surface area contributed by atoms with Gasteiger partial charge in [-0.2, -0.15) is 0 Å². The van der Waals surface area contributed by atoms with Crippen LogP contribution in [-0.4, -0.2) is 62.2 Å². The van der Waals surface area contributed by atoms with Crippen LogP contribution in [0.3, 0.4) is 0 Å². The van der Waals surface area contributed by atoms with Gasteiger partial charge in [0.25, 0.3) is 5.91 Å². The van der Waals surface area contributed by atoms with Crippen molar-refractivity contribution in [1.82, 2.24) is 30.1 Å². The predicted octanol–water partition coefficient (Wildman–Crippen LogP) is 2.23. The van der Waals surface area contributed by atoms with E-state index in [0.29, 0.717) is 18.7 Å². The highest BCUT2D eigenvalue weighted by atomic mass is 32.1. The second kappa shape index (κ2) is 7.01. The molecule has 140 valence electrons. The molecular formula is C19H17N7OS. The SMILES string of the molecule is O=C(c1ccc(-n2cnnn2)cc1)N1CCN(c2nc3ccccc3s2)CC1. The number of hydrogen-bond donors (Lipinski definition) is 0. The smallest absolute Gasteiger partial charge is 0.253 e. The molecule has 1 aliphatic heterocycles. The molecule has 1 aliphatic rings. The van der Waals surface area contributed by atoms with Gasteiger partial charge in [-0.25, -0.2) is 9.67 Å². The van der Waals surface area contributed by atoms with Crippen molar-refractivity contribution >= 4 is 32.6 Å². The molecule has 5 rings (SSSR count). The quantitative estimate of drug-likeness (QED) is 0.533. The lowest BCUT2D eigenvalue weighted by molar-refractivity contribution is 0.0747. The fourth-order valence-corrected chi connectivity index (χ4v) is 4.33. The molecule has 1 amide bonds. The molecule has 3 heterocycles. The second-order valence-corrected chi connectivity index (χ2v) is 7.55. The number of hydrogen-bond acceptors (Lipinski definition) is 7. The van der Waals surface area contributed by atoms with Crippen molar-refractivity contribution in [3.63, 3.8) is 0 Å². The van der Waals surface area contributed by atoms with Gasteiger partial charge in [-0.15, -0.1) is 5.10 Å². The fourth-order valence-electron chi connectivity index (χ4n) is 3.32. The number of anilines is 1. The number of aromatic nitrogens is 5. The molecule has 0 unspecified atom stereocenters. The van der Waals surface area contributed by atoms with E-state index < -0.39 is 0 Å². The highest BCUT2D eigenvalue weighted by molar-refractivity contribution is 7.22. The number of nitrogens with zero attached hydrogens (tertiary/aromatic N) is 7. The van der Waals surface area contributed by atoms with Gasteiger partial charge in [-0.05, 0) is 46.8 Å². The number of amides is 1. The lowest BCUT2D eigenvalue weighted by Crippen LogP contribution is -2.48. The van der Waals surface area contributed by atoms with Gasteiger partial charge in [-0.1, -0.05) is 23.5 Å². The Morgan fingerprint density at radius 3 is 2.46 bits per heavy atom. The Bertz CT molecular complexity index is 1070. The standard InChI is InChI=1S/C19H17N7OS/c27-18(14-5-7-15(8-6-14)26-13-20-22-23-26)24-9-11-25(12-10-24)19-21-16-3-1-2-4-17(16)28-19/h1-8,13H,9-12H2. The molecule has 0 saturated carbocycles. The van der Waals surface area contributed by atoms with Gasteiger partial charge in [0.2, 0.25) is 0 Å². The van der Waals surface area contributed by atoms with E-state index in [4.69, 9.17) is 4.98 Å². The fraction of sp³-hybridized carbons (Fsp3) is 0.211. The summed E-state index contributed by atoms with van der Waals surface area (Å²) in [4.78, 5) is 21.7. The molecule has 4 aromatic rings. The second-order valence-electron chi connectivity index (χ2n) is 6.54. The Kier molecular flexibility index (Phi) is 4.21. The van der Waals surface area contributed by atoms with E-state index in [1.165, 1.54) is 11.0 Å². The maximum Gasteiger partial charge on any atom is 0.253 e.